The molecule has 0 spiro atoms. The Balaban J connectivity index is 1.80. The lowest BCUT2D eigenvalue weighted by atomic mass is 9.50. The van der Waals surface area contributed by atoms with Gasteiger partial charge in [0.25, 0.3) is 0 Å². The van der Waals surface area contributed by atoms with Crippen molar-refractivity contribution >= 4 is 17.6 Å². The fraction of sp³-hybridized carbons (Fsp3) is 0.833. The van der Waals surface area contributed by atoms with Gasteiger partial charge in [-0.1, -0.05) is 26.7 Å². The van der Waals surface area contributed by atoms with Gasteiger partial charge in [-0.2, -0.15) is 18.3 Å². The van der Waals surface area contributed by atoms with Crippen LogP contribution in [0, 0.1) is 23.7 Å². The second-order valence-electron chi connectivity index (χ2n) is 8.10. The lowest BCUT2D eigenvalue weighted by molar-refractivity contribution is -0.255. The van der Waals surface area contributed by atoms with Crippen molar-refractivity contribution in [1.82, 2.24) is 10.7 Å². The van der Waals surface area contributed by atoms with Gasteiger partial charge in [0.2, 0.25) is 5.91 Å². The Kier molecular flexibility index (Phi) is 5.37. The molecule has 7 unspecified atom stereocenters. The van der Waals surface area contributed by atoms with Gasteiger partial charge in [0.05, 0.1) is 11.5 Å². The highest BCUT2D eigenvalue weighted by molar-refractivity contribution is 5.98. The normalized spacial score (nSPS) is 40.4. The molecule has 0 aromatic heterocycles. The number of rotatable bonds is 4. The average Bonchev–Trinajstić information content (AvgIpc) is 3.09. The molecule has 0 aromatic rings. The minimum absolute atomic E-state index is 0.000947. The third-order valence-corrected chi connectivity index (χ3v) is 6.45. The summed E-state index contributed by atoms with van der Waals surface area (Å²) in [5, 5.41) is 6.34. The van der Waals surface area contributed by atoms with Gasteiger partial charge in [-0.25, -0.2) is 4.99 Å². The predicted octanol–water partition coefficient (Wildman–Crippen LogP) is 2.13. The molecule has 4 N–H and O–H groups in total. The number of halogens is 3. The van der Waals surface area contributed by atoms with Crippen LogP contribution < -0.4 is 16.5 Å². The Hall–Kier alpha value is -1.84. The molecule has 1 amide bonds. The number of carbonyl (C=O) groups is 1. The summed E-state index contributed by atoms with van der Waals surface area (Å²) in [4.78, 5) is 16.9. The lowest BCUT2D eigenvalue weighted by Crippen LogP contribution is -2.61. The smallest absolute Gasteiger partial charge is 0.370 e. The third kappa shape index (κ3) is 3.35. The van der Waals surface area contributed by atoms with Crippen LogP contribution in [0.25, 0.3) is 0 Å². The van der Waals surface area contributed by atoms with E-state index in [-0.39, 0.29) is 17.8 Å². The average molecular weight is 403 g/mol. The van der Waals surface area contributed by atoms with E-state index in [0.29, 0.717) is 19.3 Å². The first-order valence-corrected chi connectivity index (χ1v) is 9.70. The van der Waals surface area contributed by atoms with Gasteiger partial charge in [0, 0.05) is 18.1 Å². The number of nitrogens with two attached hydrogens (primary N) is 1. The first-order valence-electron chi connectivity index (χ1n) is 9.70. The Morgan fingerprint density at radius 3 is 2.61 bits per heavy atom. The summed E-state index contributed by atoms with van der Waals surface area (Å²) in [5.74, 6) is -2.86. The number of nitrogens with one attached hydrogen (secondary N) is 2. The molecule has 7 nitrogen and oxygen atoms in total. The zero-order valence-electron chi connectivity index (χ0n) is 16.5. The van der Waals surface area contributed by atoms with Gasteiger partial charge in [-0.3, -0.25) is 15.5 Å². The molecule has 0 bridgehead atoms. The Morgan fingerprint density at radius 2 is 2.11 bits per heavy atom. The van der Waals surface area contributed by atoms with Crippen LogP contribution in [0.15, 0.2) is 10.1 Å². The number of fused-ring (bicyclic) bond motifs is 1. The number of aliphatic imine (C=N–C) groups is 1. The molecule has 2 fully saturated rings. The number of carbonyl (C=O) groups excluding carboxylic acids is 1. The summed E-state index contributed by atoms with van der Waals surface area (Å²) < 4.78 is 46.6. The standard InChI is InChI=1S/C18H28F3N5O2/c1-5-9-10(6-2)17(4)13(9)12(14(28-17)18(19,20)21)15(27)24-16(22)23-11-7-8(3)25-26-11/h9-14,26H,5-7H2,1-4H3,(H3,22,23,24,27). The second kappa shape index (κ2) is 7.20. The van der Waals surface area contributed by atoms with Crippen LogP contribution in [0.2, 0.25) is 0 Å². The number of alkyl halides is 3. The highest BCUT2D eigenvalue weighted by Gasteiger charge is 2.73. The summed E-state index contributed by atoms with van der Waals surface area (Å²) >= 11 is 0. The van der Waals surface area contributed by atoms with E-state index in [9.17, 15) is 18.0 Å². The minimum atomic E-state index is -4.64. The van der Waals surface area contributed by atoms with Crippen molar-refractivity contribution in [3.63, 3.8) is 0 Å². The number of amides is 1. The molecule has 1 saturated heterocycles. The summed E-state index contributed by atoms with van der Waals surface area (Å²) in [6.45, 7) is 7.39. The maximum Gasteiger partial charge on any atom is 0.415 e. The molecule has 3 aliphatic rings. The summed E-state index contributed by atoms with van der Waals surface area (Å²) in [6, 6.07) is 0. The molecule has 158 valence electrons. The first kappa shape index (κ1) is 20.9. The maximum absolute atomic E-state index is 13.7. The first-order chi connectivity index (χ1) is 13.0. The van der Waals surface area contributed by atoms with E-state index in [0.717, 1.165) is 5.71 Å². The number of hydrazone groups is 1. The predicted molar refractivity (Wildman–Crippen MR) is 98.3 cm³/mol. The SMILES string of the molecule is CCC1C(CC)C2(C)OC(C(F)(F)F)C(C(=O)NC(N)=NC3CC(C)=NN3)C12. The van der Waals surface area contributed by atoms with E-state index in [1.807, 2.05) is 20.8 Å². The highest BCUT2D eigenvalue weighted by atomic mass is 19.4. The van der Waals surface area contributed by atoms with Crippen LogP contribution in [-0.4, -0.2) is 41.6 Å². The van der Waals surface area contributed by atoms with E-state index >= 15 is 0 Å². The third-order valence-electron chi connectivity index (χ3n) is 6.45. The van der Waals surface area contributed by atoms with Crippen molar-refractivity contribution in [2.24, 2.45) is 39.5 Å². The van der Waals surface area contributed by atoms with Crippen LogP contribution in [0.5, 0.6) is 0 Å². The molecule has 3 rings (SSSR count). The van der Waals surface area contributed by atoms with Crippen LogP contribution >= 0.6 is 0 Å². The number of hydrogen-bond acceptors (Lipinski definition) is 5. The van der Waals surface area contributed by atoms with E-state index in [2.05, 4.69) is 20.8 Å². The molecular formula is C18H28F3N5O2. The topological polar surface area (TPSA) is 101 Å². The summed E-state index contributed by atoms with van der Waals surface area (Å²) in [5.41, 5.74) is 8.39. The van der Waals surface area contributed by atoms with Gasteiger partial charge in [0.1, 0.15) is 6.17 Å². The lowest BCUT2D eigenvalue weighted by Gasteiger charge is -2.56. The van der Waals surface area contributed by atoms with Gasteiger partial charge in [-0.05, 0) is 25.7 Å². The zero-order chi connectivity index (χ0) is 20.9. The van der Waals surface area contributed by atoms with Crippen molar-refractivity contribution in [1.29, 1.82) is 0 Å². The number of hydrogen-bond donors (Lipinski definition) is 3. The largest absolute Gasteiger partial charge is 0.415 e. The maximum atomic E-state index is 13.7. The van der Waals surface area contributed by atoms with Crippen molar-refractivity contribution < 1.29 is 22.7 Å². The fourth-order valence-electron chi connectivity index (χ4n) is 5.41. The quantitative estimate of drug-likeness (QED) is 0.494. The van der Waals surface area contributed by atoms with Crippen molar-refractivity contribution in [2.45, 2.75) is 71.0 Å². The zero-order valence-corrected chi connectivity index (χ0v) is 16.5. The monoisotopic (exact) mass is 403 g/mol. The molecule has 28 heavy (non-hydrogen) atoms. The van der Waals surface area contributed by atoms with Crippen LogP contribution in [-0.2, 0) is 9.53 Å². The summed E-state index contributed by atoms with van der Waals surface area (Å²) in [7, 11) is 0. The van der Waals surface area contributed by atoms with Crippen LogP contribution in [0.3, 0.4) is 0 Å². The van der Waals surface area contributed by atoms with Crippen LogP contribution in [0.4, 0.5) is 13.2 Å². The van der Waals surface area contributed by atoms with Gasteiger partial charge >= 0.3 is 6.18 Å². The number of nitrogens with zero attached hydrogens (tertiary/aromatic N) is 2. The Bertz CT molecular complexity index is 695. The summed E-state index contributed by atoms with van der Waals surface area (Å²) in [6.07, 6.45) is -5.28. The molecule has 1 aliphatic carbocycles. The van der Waals surface area contributed by atoms with E-state index in [4.69, 9.17) is 10.5 Å². The van der Waals surface area contributed by atoms with Gasteiger partial charge < -0.3 is 10.5 Å². The minimum Gasteiger partial charge on any atom is -0.370 e. The van der Waals surface area contributed by atoms with E-state index < -0.39 is 41.8 Å². The molecule has 2 heterocycles. The van der Waals surface area contributed by atoms with Gasteiger partial charge in [0.15, 0.2) is 12.1 Å². The van der Waals surface area contributed by atoms with Crippen molar-refractivity contribution in [3.05, 3.63) is 0 Å². The van der Waals surface area contributed by atoms with Crippen molar-refractivity contribution in [2.75, 3.05) is 0 Å². The van der Waals surface area contributed by atoms with E-state index in [1.165, 1.54) is 0 Å². The number of guanidine groups is 1. The molecule has 0 radical (unpaired) electrons. The number of ether oxygens (including phenoxy) is 1. The Morgan fingerprint density at radius 1 is 1.43 bits per heavy atom. The van der Waals surface area contributed by atoms with Crippen LogP contribution in [0.1, 0.15) is 47.0 Å². The molecular weight excluding hydrogens is 375 g/mol. The van der Waals surface area contributed by atoms with Gasteiger partial charge in [-0.15, -0.1) is 0 Å². The second-order valence-corrected chi connectivity index (χ2v) is 8.10. The fourth-order valence-corrected chi connectivity index (χ4v) is 5.41. The molecule has 1 saturated carbocycles. The highest BCUT2D eigenvalue weighted by Crippen LogP contribution is 2.64. The Labute approximate surface area is 162 Å². The van der Waals surface area contributed by atoms with Crippen molar-refractivity contribution in [3.8, 4) is 0 Å². The molecule has 2 aliphatic heterocycles. The molecule has 0 aromatic carbocycles. The molecule has 7 atom stereocenters. The van der Waals surface area contributed by atoms with E-state index in [1.54, 1.807) is 6.92 Å². The molecule has 10 heteroatoms.